The highest BCUT2D eigenvalue weighted by atomic mass is 32.2. The molecule has 0 radical (unpaired) electrons. The van der Waals surface area contributed by atoms with E-state index in [-0.39, 0.29) is 21.9 Å². The van der Waals surface area contributed by atoms with Crippen molar-refractivity contribution in [1.82, 2.24) is 13.3 Å². The van der Waals surface area contributed by atoms with Gasteiger partial charge in [-0.25, -0.2) is 24.8 Å². The number of aromatic nitrogens is 2. The first-order chi connectivity index (χ1) is 26.2. The van der Waals surface area contributed by atoms with Gasteiger partial charge in [0.2, 0.25) is 11.6 Å². The lowest BCUT2D eigenvalue weighted by Gasteiger charge is -2.48. The molecule has 9 rings (SSSR count). The van der Waals surface area contributed by atoms with Crippen molar-refractivity contribution >= 4 is 53.5 Å². The van der Waals surface area contributed by atoms with Crippen molar-refractivity contribution in [2.75, 3.05) is 0 Å². The number of rotatable bonds is 6. The van der Waals surface area contributed by atoms with Gasteiger partial charge in [-0.3, -0.25) is 9.59 Å². The minimum Gasteiger partial charge on any atom is -0.326 e. The third kappa shape index (κ3) is 4.87. The molecule has 6 aromatic rings. The van der Waals surface area contributed by atoms with Crippen LogP contribution < -0.4 is 5.32 Å². The number of carbonyl (C=O) groups excluding carboxylic acids is 2. The van der Waals surface area contributed by atoms with Gasteiger partial charge in [0.05, 0.1) is 32.8 Å². The molecular weight excluding hydrogens is 737 g/mol. The summed E-state index contributed by atoms with van der Waals surface area (Å²) >= 11 is 0. The Morgan fingerprint density at radius 3 is 2.04 bits per heavy atom. The van der Waals surface area contributed by atoms with E-state index in [0.717, 1.165) is 11.1 Å². The van der Waals surface area contributed by atoms with E-state index >= 15 is 4.79 Å². The third-order valence-electron chi connectivity index (χ3n) is 11.7. The summed E-state index contributed by atoms with van der Waals surface area (Å²) in [6.45, 7) is 4.98. The predicted octanol–water partition coefficient (Wildman–Crippen LogP) is 6.21. The SMILES string of the molecule is CC(=O)N[C@@]12C[C@H](c3cn(S(=O)(=O)c4ccc(C)cc4)c4ccccc34)[C@@](C#N)(O1)[C@H]1CCc3c(n(S(=O)(=O)c4ccc(C)cc4)c4ccccc34)[C@H]1C2=O. The number of nitrogens with zero attached hydrogens (tertiary/aromatic N) is 3. The van der Waals surface area contributed by atoms with Crippen molar-refractivity contribution in [3.8, 4) is 6.07 Å². The number of ether oxygens (including phenoxy) is 1. The van der Waals surface area contributed by atoms with Gasteiger partial charge in [-0.15, -0.1) is 0 Å². The standard InChI is InChI=1S/C42H36N4O7S2/c1-25-12-16-28(17-13-25)54(49,50)45-23-33(31-9-4-6-10-36(31)45)35-22-42(44-27(3)47)40(48)38-34(41(35,24-43)53-42)21-20-32-30-8-5-7-11-37(30)46(39(32)38)55(51,52)29-18-14-26(2)15-19-29/h4-19,23,34-35,38H,20-22H2,1-3H3,(H,44,47)/t34-,35+,38-,41-,42-/m0/s1. The zero-order valence-electron chi connectivity index (χ0n) is 30.2. The lowest BCUT2D eigenvalue weighted by Crippen LogP contribution is -2.64. The summed E-state index contributed by atoms with van der Waals surface area (Å²) < 4.78 is 67.1. The maximum atomic E-state index is 15.3. The number of nitriles is 1. The van der Waals surface area contributed by atoms with E-state index < -0.39 is 60.8 Å². The topological polar surface area (TPSA) is 157 Å². The summed E-state index contributed by atoms with van der Waals surface area (Å²) in [5.74, 6) is -4.07. The molecule has 2 aromatic heterocycles. The molecule has 4 aromatic carbocycles. The second-order valence-corrected chi connectivity index (χ2v) is 18.5. The van der Waals surface area contributed by atoms with Crippen molar-refractivity contribution in [1.29, 1.82) is 5.26 Å². The fourth-order valence-corrected chi connectivity index (χ4v) is 12.3. The zero-order valence-corrected chi connectivity index (χ0v) is 31.8. The second-order valence-electron chi connectivity index (χ2n) is 14.9. The van der Waals surface area contributed by atoms with Gasteiger partial charge in [-0.1, -0.05) is 71.8 Å². The van der Waals surface area contributed by atoms with Crippen LogP contribution in [0.1, 0.15) is 59.5 Å². The number of para-hydroxylation sites is 2. The number of hydrogen-bond donors (Lipinski definition) is 1. The van der Waals surface area contributed by atoms with Crippen LogP contribution in [0.4, 0.5) is 0 Å². The Bertz CT molecular complexity index is 2890. The monoisotopic (exact) mass is 772 g/mol. The average Bonchev–Trinajstić information content (AvgIpc) is 3.82. The molecule has 0 saturated carbocycles. The number of aryl methyl sites for hydroxylation is 3. The van der Waals surface area contributed by atoms with Gasteiger partial charge in [0.15, 0.2) is 11.4 Å². The molecule has 4 heterocycles. The van der Waals surface area contributed by atoms with Crippen LogP contribution in [0.2, 0.25) is 0 Å². The molecule has 2 fully saturated rings. The van der Waals surface area contributed by atoms with Gasteiger partial charge in [-0.2, -0.15) is 5.26 Å². The Balaban J connectivity index is 1.29. The molecule has 0 spiro atoms. The summed E-state index contributed by atoms with van der Waals surface area (Å²) in [5, 5.41) is 15.4. The number of hydrogen-bond acceptors (Lipinski definition) is 8. The Morgan fingerprint density at radius 1 is 0.836 bits per heavy atom. The molecule has 1 aliphatic carbocycles. The fourth-order valence-electron chi connectivity index (χ4n) is 9.37. The summed E-state index contributed by atoms with van der Waals surface area (Å²) in [6, 6.07) is 29.5. The van der Waals surface area contributed by atoms with E-state index in [4.69, 9.17) is 4.74 Å². The number of carbonyl (C=O) groups is 2. The first-order valence-corrected chi connectivity index (χ1v) is 20.9. The van der Waals surface area contributed by atoms with E-state index in [1.807, 2.05) is 26.0 Å². The highest BCUT2D eigenvalue weighted by molar-refractivity contribution is 7.90. The molecule has 2 aliphatic heterocycles. The molecule has 13 heteroatoms. The van der Waals surface area contributed by atoms with Crippen LogP contribution in [0.15, 0.2) is 113 Å². The van der Waals surface area contributed by atoms with Gasteiger partial charge in [0, 0.05) is 47.8 Å². The van der Waals surface area contributed by atoms with Crippen LogP contribution in [0.5, 0.6) is 0 Å². The summed E-state index contributed by atoms with van der Waals surface area (Å²) in [5.41, 5.74) is 0.157. The number of Topliss-reactive ketones (excluding diaryl/α,β-unsaturated/α-hetero) is 1. The second kappa shape index (κ2) is 12.0. The van der Waals surface area contributed by atoms with Crippen molar-refractivity contribution in [2.24, 2.45) is 5.92 Å². The first kappa shape index (κ1) is 35.2. The number of nitrogens with one attached hydrogen (secondary N) is 1. The Kier molecular flexibility index (Phi) is 7.66. The highest BCUT2D eigenvalue weighted by Crippen LogP contribution is 2.63. The molecule has 55 heavy (non-hydrogen) atoms. The fraction of sp³-hybridized carbons (Fsp3) is 0.262. The zero-order chi connectivity index (χ0) is 38.7. The van der Waals surface area contributed by atoms with Gasteiger partial charge in [0.1, 0.15) is 0 Å². The van der Waals surface area contributed by atoms with Crippen molar-refractivity contribution in [3.63, 3.8) is 0 Å². The molecule has 278 valence electrons. The van der Waals surface area contributed by atoms with Gasteiger partial charge in [0.25, 0.3) is 20.0 Å². The quantitative estimate of drug-likeness (QED) is 0.209. The van der Waals surface area contributed by atoms with E-state index in [1.54, 1.807) is 72.8 Å². The maximum Gasteiger partial charge on any atom is 0.268 e. The predicted molar refractivity (Wildman–Crippen MR) is 204 cm³/mol. The Labute approximate surface area is 318 Å². The first-order valence-electron chi connectivity index (χ1n) is 18.0. The molecule has 5 atom stereocenters. The Hall–Kier alpha value is -5.55. The molecular formula is C42H36N4O7S2. The number of ketones is 1. The van der Waals surface area contributed by atoms with Gasteiger partial charge in [-0.05, 0) is 74.2 Å². The minimum absolute atomic E-state index is 0.0401. The van der Waals surface area contributed by atoms with Crippen LogP contribution in [-0.4, -0.2) is 47.8 Å². The van der Waals surface area contributed by atoms with E-state index in [2.05, 4.69) is 11.4 Å². The number of benzene rings is 4. The van der Waals surface area contributed by atoms with Crippen molar-refractivity contribution < 1.29 is 31.2 Å². The smallest absolute Gasteiger partial charge is 0.268 e. The van der Waals surface area contributed by atoms with Crippen LogP contribution in [0.25, 0.3) is 21.8 Å². The van der Waals surface area contributed by atoms with Crippen LogP contribution in [0, 0.1) is 31.1 Å². The Morgan fingerprint density at radius 2 is 1.42 bits per heavy atom. The van der Waals surface area contributed by atoms with E-state index in [1.165, 1.54) is 33.2 Å². The normalized spacial score (nSPS) is 24.7. The molecule has 3 aliphatic rings. The molecule has 0 unspecified atom stereocenters. The average molecular weight is 773 g/mol. The minimum atomic E-state index is -4.29. The molecule has 1 amide bonds. The molecule has 2 bridgehead atoms. The van der Waals surface area contributed by atoms with Gasteiger partial charge < -0.3 is 10.1 Å². The molecule has 11 nitrogen and oxygen atoms in total. The summed E-state index contributed by atoms with van der Waals surface area (Å²) in [7, 11) is -8.42. The van der Waals surface area contributed by atoms with Crippen molar-refractivity contribution in [3.05, 3.63) is 131 Å². The summed E-state index contributed by atoms with van der Waals surface area (Å²) in [6.07, 6.45) is 1.96. The molecule has 2 saturated heterocycles. The van der Waals surface area contributed by atoms with Crippen molar-refractivity contribution in [2.45, 2.75) is 73.0 Å². The number of amides is 1. The van der Waals surface area contributed by atoms with Crippen LogP contribution in [0.3, 0.4) is 0 Å². The maximum absolute atomic E-state index is 15.3. The van der Waals surface area contributed by atoms with Crippen LogP contribution >= 0.6 is 0 Å². The number of fused-ring (bicyclic) bond motifs is 9. The summed E-state index contributed by atoms with van der Waals surface area (Å²) in [4.78, 5) is 28.4. The van der Waals surface area contributed by atoms with Crippen LogP contribution in [-0.2, 0) is 40.8 Å². The van der Waals surface area contributed by atoms with E-state index in [9.17, 15) is 26.9 Å². The lowest BCUT2D eigenvalue weighted by atomic mass is 9.64. The molecule has 1 N–H and O–H groups in total. The third-order valence-corrected chi connectivity index (χ3v) is 15.2. The lowest BCUT2D eigenvalue weighted by molar-refractivity contribution is -0.185. The van der Waals surface area contributed by atoms with E-state index in [0.29, 0.717) is 45.8 Å². The van der Waals surface area contributed by atoms with Gasteiger partial charge >= 0.3 is 0 Å². The highest BCUT2D eigenvalue weighted by Gasteiger charge is 2.72. The largest absolute Gasteiger partial charge is 0.326 e.